The number of hydrogen-bond acceptors (Lipinski definition) is 0. The largest absolute Gasteiger partial charge is 0.0753 e. The number of benzene rings is 2. The zero-order valence-corrected chi connectivity index (χ0v) is 27.4. The van der Waals surface area contributed by atoms with E-state index in [4.69, 9.17) is 0 Å². The Morgan fingerprint density at radius 1 is 0.342 bits per heavy atom. The average molecular weight is 555 g/mol. The highest BCUT2D eigenvalue weighted by molar-refractivity contribution is 7.65. The number of rotatable bonds is 23. The SMILES string of the molecule is CCCCCCP(CCCCCC)c1ccc(-c2ccc(P(CCCCCC)CCCCCC)cc2)cc1. The van der Waals surface area contributed by atoms with E-state index in [1.807, 2.05) is 0 Å². The highest BCUT2D eigenvalue weighted by Gasteiger charge is 2.13. The fourth-order valence-electron chi connectivity index (χ4n) is 5.39. The summed E-state index contributed by atoms with van der Waals surface area (Å²) in [5.41, 5.74) is 2.78. The van der Waals surface area contributed by atoms with E-state index in [2.05, 4.69) is 76.2 Å². The smallest absolute Gasteiger partial charge is 0.0184 e. The normalized spacial score (nSPS) is 11.6. The van der Waals surface area contributed by atoms with E-state index in [0.717, 1.165) is 0 Å². The van der Waals surface area contributed by atoms with Gasteiger partial charge in [0.25, 0.3) is 0 Å². The molecule has 0 unspecified atom stereocenters. The second kappa shape index (κ2) is 22.0. The molecule has 2 heteroatoms. The molecule has 0 saturated heterocycles. The lowest BCUT2D eigenvalue weighted by molar-refractivity contribution is 0.697. The van der Waals surface area contributed by atoms with Gasteiger partial charge in [-0.05, 0) is 72.1 Å². The first-order chi connectivity index (χ1) is 18.7. The van der Waals surface area contributed by atoms with Crippen molar-refractivity contribution in [2.45, 2.75) is 130 Å². The van der Waals surface area contributed by atoms with Crippen molar-refractivity contribution < 1.29 is 0 Å². The van der Waals surface area contributed by atoms with Gasteiger partial charge < -0.3 is 0 Å². The van der Waals surface area contributed by atoms with Crippen molar-refractivity contribution in [3.63, 3.8) is 0 Å². The van der Waals surface area contributed by atoms with E-state index in [1.165, 1.54) is 139 Å². The molecule has 0 fully saturated rings. The van der Waals surface area contributed by atoms with Crippen LogP contribution in [-0.2, 0) is 0 Å². The average Bonchev–Trinajstić information content (AvgIpc) is 2.96. The minimum Gasteiger partial charge on any atom is -0.0753 e. The zero-order valence-electron chi connectivity index (χ0n) is 25.7. The maximum Gasteiger partial charge on any atom is -0.0184 e. The van der Waals surface area contributed by atoms with Gasteiger partial charge in [0.1, 0.15) is 0 Å². The van der Waals surface area contributed by atoms with E-state index in [9.17, 15) is 0 Å². The molecule has 0 nitrogen and oxygen atoms in total. The summed E-state index contributed by atoms with van der Waals surface area (Å²) in [7, 11) is 0.000939. The first-order valence-corrected chi connectivity index (χ1v) is 19.9. The predicted molar refractivity (Wildman–Crippen MR) is 181 cm³/mol. The van der Waals surface area contributed by atoms with Crippen LogP contribution in [0.25, 0.3) is 11.1 Å². The van der Waals surface area contributed by atoms with Crippen molar-refractivity contribution >= 4 is 26.5 Å². The second-order valence-corrected chi connectivity index (χ2v) is 16.3. The molecule has 0 aliphatic rings. The lowest BCUT2D eigenvalue weighted by Gasteiger charge is -2.20. The molecule has 0 saturated carbocycles. The summed E-state index contributed by atoms with van der Waals surface area (Å²) in [6.45, 7) is 9.28. The first-order valence-electron chi connectivity index (χ1n) is 16.4. The molecule has 2 aromatic carbocycles. The van der Waals surface area contributed by atoms with Crippen LogP contribution in [0.15, 0.2) is 48.5 Å². The van der Waals surface area contributed by atoms with Crippen molar-refractivity contribution in [3.8, 4) is 11.1 Å². The molecule has 0 amide bonds. The standard InChI is InChI=1S/C36H60P2/c1-5-9-13-17-29-37(30-18-14-10-6-2)35-25-21-33(22-26-35)34-23-27-36(28-24-34)38(31-19-15-11-7-3)32-20-16-12-8-4/h21-28H,5-20,29-32H2,1-4H3. The van der Waals surface area contributed by atoms with E-state index >= 15 is 0 Å². The maximum atomic E-state index is 2.48. The molecule has 214 valence electrons. The fourth-order valence-corrected chi connectivity index (χ4v) is 10.4. The summed E-state index contributed by atoms with van der Waals surface area (Å²) in [5, 5.41) is 3.27. The molecule has 0 heterocycles. The lowest BCUT2D eigenvalue weighted by Crippen LogP contribution is -2.08. The van der Waals surface area contributed by atoms with Crippen molar-refractivity contribution in [1.29, 1.82) is 0 Å². The van der Waals surface area contributed by atoms with Gasteiger partial charge in [-0.3, -0.25) is 0 Å². The van der Waals surface area contributed by atoms with Crippen molar-refractivity contribution in [2.24, 2.45) is 0 Å². The van der Waals surface area contributed by atoms with E-state index in [0.29, 0.717) is 0 Å². The molecule has 0 aliphatic heterocycles. The van der Waals surface area contributed by atoms with Crippen LogP contribution in [0, 0.1) is 0 Å². The van der Waals surface area contributed by atoms with Crippen LogP contribution in [0.4, 0.5) is 0 Å². The van der Waals surface area contributed by atoms with Crippen LogP contribution in [0.5, 0.6) is 0 Å². The molecular weight excluding hydrogens is 494 g/mol. The van der Waals surface area contributed by atoms with E-state index in [1.54, 1.807) is 10.6 Å². The summed E-state index contributed by atoms with van der Waals surface area (Å²) < 4.78 is 0. The molecule has 38 heavy (non-hydrogen) atoms. The first kappa shape index (κ1) is 33.5. The molecule has 0 aliphatic carbocycles. The van der Waals surface area contributed by atoms with E-state index < -0.39 is 0 Å². The van der Waals surface area contributed by atoms with Gasteiger partial charge >= 0.3 is 0 Å². The number of hydrogen-bond donors (Lipinski definition) is 0. The van der Waals surface area contributed by atoms with Crippen LogP contribution in [0.1, 0.15) is 130 Å². The minimum atomic E-state index is 0.000470. The highest BCUT2D eigenvalue weighted by Crippen LogP contribution is 2.39. The van der Waals surface area contributed by atoms with Gasteiger partial charge in [-0.25, -0.2) is 0 Å². The fraction of sp³-hybridized carbons (Fsp3) is 0.667. The molecule has 0 aromatic heterocycles. The van der Waals surface area contributed by atoms with Gasteiger partial charge in [-0.15, -0.1) is 0 Å². The van der Waals surface area contributed by atoms with Crippen molar-refractivity contribution in [3.05, 3.63) is 48.5 Å². The van der Waals surface area contributed by atoms with Gasteiger partial charge in [0.15, 0.2) is 0 Å². The third-order valence-electron chi connectivity index (χ3n) is 7.92. The summed E-state index contributed by atoms with van der Waals surface area (Å²) in [6, 6.07) is 19.6. The molecule has 0 spiro atoms. The minimum absolute atomic E-state index is 0.000470. The second-order valence-electron chi connectivity index (χ2n) is 11.3. The molecule has 0 radical (unpaired) electrons. The summed E-state index contributed by atoms with van der Waals surface area (Å²) in [4.78, 5) is 0. The number of unbranched alkanes of at least 4 members (excludes halogenated alkanes) is 12. The Bertz CT molecular complexity index is 702. The van der Waals surface area contributed by atoms with Gasteiger partial charge in [-0.1, -0.05) is 169 Å². The van der Waals surface area contributed by atoms with Gasteiger partial charge in [-0.2, -0.15) is 0 Å². The Kier molecular flexibility index (Phi) is 19.4. The lowest BCUT2D eigenvalue weighted by atomic mass is 10.1. The topological polar surface area (TPSA) is 0 Å². The molecule has 2 rings (SSSR count). The Labute approximate surface area is 240 Å². The Morgan fingerprint density at radius 2 is 0.605 bits per heavy atom. The van der Waals surface area contributed by atoms with Gasteiger partial charge in [0.05, 0.1) is 0 Å². The van der Waals surface area contributed by atoms with Crippen molar-refractivity contribution in [2.75, 3.05) is 24.6 Å². The Morgan fingerprint density at radius 3 is 0.842 bits per heavy atom. The molecule has 2 aromatic rings. The predicted octanol–water partition coefficient (Wildman–Crippen LogP) is 11.9. The third kappa shape index (κ3) is 13.6. The third-order valence-corrected chi connectivity index (χ3v) is 13.4. The van der Waals surface area contributed by atoms with Crippen molar-refractivity contribution in [1.82, 2.24) is 0 Å². The summed E-state index contributed by atoms with van der Waals surface area (Å²) in [6.07, 6.45) is 27.9. The van der Waals surface area contributed by atoms with Crippen LogP contribution in [-0.4, -0.2) is 24.6 Å². The Hall–Kier alpha value is -0.700. The zero-order chi connectivity index (χ0) is 27.3. The molecule has 0 bridgehead atoms. The van der Waals surface area contributed by atoms with Gasteiger partial charge in [0.2, 0.25) is 0 Å². The van der Waals surface area contributed by atoms with E-state index in [-0.39, 0.29) is 15.8 Å². The Balaban J connectivity index is 2.03. The highest BCUT2D eigenvalue weighted by atomic mass is 31.1. The quantitative estimate of drug-likeness (QED) is 0.0946. The van der Waals surface area contributed by atoms with Gasteiger partial charge in [0, 0.05) is 0 Å². The molecular formula is C36H60P2. The van der Waals surface area contributed by atoms with Crippen LogP contribution in [0.3, 0.4) is 0 Å². The van der Waals surface area contributed by atoms with Crippen LogP contribution < -0.4 is 10.6 Å². The summed E-state index contributed by atoms with van der Waals surface area (Å²) >= 11 is 0. The maximum absolute atomic E-state index is 2.48. The monoisotopic (exact) mass is 554 g/mol. The molecule has 0 N–H and O–H groups in total. The molecule has 0 atom stereocenters. The summed E-state index contributed by atoms with van der Waals surface area (Å²) in [5.74, 6) is 0. The van der Waals surface area contributed by atoms with Crippen LogP contribution in [0.2, 0.25) is 0 Å². The van der Waals surface area contributed by atoms with Crippen LogP contribution >= 0.6 is 15.8 Å².